The van der Waals surface area contributed by atoms with Crippen LogP contribution < -0.4 is 56.5 Å². The van der Waals surface area contributed by atoms with E-state index in [2.05, 4.69) is 4.74 Å². The van der Waals surface area contributed by atoms with Gasteiger partial charge in [-0.25, -0.2) is 4.79 Å². The van der Waals surface area contributed by atoms with Crippen LogP contribution in [0.3, 0.4) is 0 Å². The predicted molar refractivity (Wildman–Crippen MR) is 30.4 cm³/mol. The quantitative estimate of drug-likeness (QED) is 0.189. The minimum absolute atomic E-state index is 0. The topological polar surface area (TPSA) is 49.4 Å². The molecule has 0 atom stereocenters. The molecular formula is C6H9KO3. The first-order valence-electron chi connectivity index (χ1n) is 2.68. The van der Waals surface area contributed by atoms with Crippen molar-refractivity contribution in [1.82, 2.24) is 0 Å². The van der Waals surface area contributed by atoms with Crippen molar-refractivity contribution >= 4 is 5.97 Å². The molecule has 0 spiro atoms. The number of hydrogen-bond acceptors (Lipinski definition) is 3. The van der Waals surface area contributed by atoms with Gasteiger partial charge in [-0.15, -0.1) is 6.26 Å². The van der Waals surface area contributed by atoms with Gasteiger partial charge in [-0.3, -0.25) is 0 Å². The molecule has 0 amide bonds. The maximum atomic E-state index is 10.5. The molecule has 52 valence electrons. The van der Waals surface area contributed by atoms with Gasteiger partial charge in [-0.2, -0.15) is 0 Å². The van der Waals surface area contributed by atoms with Crippen LogP contribution in [-0.2, 0) is 9.53 Å². The number of carbonyl (C=O) groups excluding carboxylic acids is 1. The van der Waals surface area contributed by atoms with E-state index in [0.29, 0.717) is 12.9 Å². The molecule has 0 aliphatic rings. The molecule has 0 aliphatic heterocycles. The largest absolute Gasteiger partial charge is 1.00 e. The van der Waals surface area contributed by atoms with Gasteiger partial charge in [-0.05, 0) is 13.8 Å². The van der Waals surface area contributed by atoms with Gasteiger partial charge in [-0.1, -0.05) is 0 Å². The molecule has 0 fully saturated rings. The Kier molecular flexibility index (Phi) is 10.3. The van der Waals surface area contributed by atoms with E-state index in [1.807, 2.05) is 0 Å². The SMILES string of the molecule is CCOC(=O)/C(C)=C\[O-].[K+]. The first kappa shape index (κ1) is 13.3. The normalized spacial score (nSPS) is 10.0. The van der Waals surface area contributed by atoms with Crippen molar-refractivity contribution in [2.24, 2.45) is 0 Å². The molecule has 3 nitrogen and oxygen atoms in total. The Bertz CT molecular complexity index is 131. The van der Waals surface area contributed by atoms with Crippen molar-refractivity contribution in [2.45, 2.75) is 13.8 Å². The molecule has 0 radical (unpaired) electrons. The van der Waals surface area contributed by atoms with Gasteiger partial charge in [0.25, 0.3) is 0 Å². The summed E-state index contributed by atoms with van der Waals surface area (Å²) in [5.74, 6) is -0.535. The van der Waals surface area contributed by atoms with Crippen molar-refractivity contribution in [3.8, 4) is 0 Å². The zero-order valence-corrected chi connectivity index (χ0v) is 9.63. The Morgan fingerprint density at radius 3 is 2.50 bits per heavy atom. The van der Waals surface area contributed by atoms with Crippen LogP contribution in [-0.4, -0.2) is 12.6 Å². The van der Waals surface area contributed by atoms with Crippen molar-refractivity contribution in [3.63, 3.8) is 0 Å². The van der Waals surface area contributed by atoms with E-state index in [9.17, 15) is 9.90 Å². The van der Waals surface area contributed by atoms with Gasteiger partial charge < -0.3 is 9.84 Å². The Morgan fingerprint density at radius 1 is 1.70 bits per heavy atom. The van der Waals surface area contributed by atoms with Gasteiger partial charge in [0.05, 0.1) is 6.61 Å². The maximum Gasteiger partial charge on any atom is 1.00 e. The Balaban J connectivity index is 0. The summed E-state index contributed by atoms with van der Waals surface area (Å²) >= 11 is 0. The molecule has 10 heavy (non-hydrogen) atoms. The molecule has 0 bridgehead atoms. The molecule has 0 aromatic rings. The van der Waals surface area contributed by atoms with Crippen molar-refractivity contribution in [3.05, 3.63) is 11.8 Å². The second-order valence-corrected chi connectivity index (χ2v) is 1.52. The zero-order valence-electron chi connectivity index (χ0n) is 6.51. The molecule has 0 N–H and O–H groups in total. The first-order valence-corrected chi connectivity index (χ1v) is 2.68. The van der Waals surface area contributed by atoms with E-state index in [0.717, 1.165) is 0 Å². The summed E-state index contributed by atoms with van der Waals surface area (Å²) in [7, 11) is 0. The Labute approximate surface area is 103 Å². The Hall–Kier alpha value is 0.646. The summed E-state index contributed by atoms with van der Waals surface area (Å²) in [5.41, 5.74) is 0.108. The van der Waals surface area contributed by atoms with Crippen LogP contribution in [0.5, 0.6) is 0 Å². The predicted octanol–water partition coefficient (Wildman–Crippen LogP) is -3.18. The number of ether oxygens (including phenoxy) is 1. The fraction of sp³-hybridized carbons (Fsp3) is 0.500. The smallest absolute Gasteiger partial charge is 0.878 e. The van der Waals surface area contributed by atoms with E-state index < -0.39 is 5.97 Å². The van der Waals surface area contributed by atoms with Crippen LogP contribution in [0.25, 0.3) is 0 Å². The maximum absolute atomic E-state index is 10.5. The van der Waals surface area contributed by atoms with Gasteiger partial charge in [0.2, 0.25) is 0 Å². The van der Waals surface area contributed by atoms with Gasteiger partial charge in [0.15, 0.2) is 0 Å². The standard InChI is InChI=1S/C6H10O3.K/c1-3-9-6(8)5(2)4-7;/h4,7H,3H2,1-2H3;/q;+1/p-1/b5-4-;. The van der Waals surface area contributed by atoms with Gasteiger partial charge in [0.1, 0.15) is 0 Å². The molecule has 0 saturated heterocycles. The third kappa shape index (κ3) is 5.43. The molecule has 0 unspecified atom stereocenters. The summed E-state index contributed by atoms with van der Waals surface area (Å²) in [4.78, 5) is 10.5. The summed E-state index contributed by atoms with van der Waals surface area (Å²) in [6, 6.07) is 0. The van der Waals surface area contributed by atoms with E-state index >= 15 is 0 Å². The summed E-state index contributed by atoms with van der Waals surface area (Å²) in [5, 5.41) is 9.88. The molecule has 0 heterocycles. The van der Waals surface area contributed by atoms with Crippen LogP contribution in [0.1, 0.15) is 13.8 Å². The van der Waals surface area contributed by atoms with Crippen molar-refractivity contribution < 1.29 is 66.0 Å². The first-order chi connectivity index (χ1) is 4.22. The van der Waals surface area contributed by atoms with Crippen LogP contribution >= 0.6 is 0 Å². The minimum Gasteiger partial charge on any atom is -0.878 e. The zero-order chi connectivity index (χ0) is 7.28. The van der Waals surface area contributed by atoms with Crippen LogP contribution in [0, 0.1) is 0 Å². The van der Waals surface area contributed by atoms with Crippen molar-refractivity contribution in [2.75, 3.05) is 6.61 Å². The summed E-state index contributed by atoms with van der Waals surface area (Å²) < 4.78 is 4.49. The number of carbonyl (C=O) groups is 1. The van der Waals surface area contributed by atoms with E-state index in [1.54, 1.807) is 6.92 Å². The fourth-order valence-electron chi connectivity index (χ4n) is 0.293. The third-order valence-electron chi connectivity index (χ3n) is 0.774. The van der Waals surface area contributed by atoms with Crippen LogP contribution in [0.4, 0.5) is 0 Å². The van der Waals surface area contributed by atoms with E-state index in [1.165, 1.54) is 6.92 Å². The second kappa shape index (κ2) is 7.75. The molecule has 0 saturated carbocycles. The average molecular weight is 168 g/mol. The minimum atomic E-state index is -0.535. The number of esters is 1. The van der Waals surface area contributed by atoms with E-state index in [4.69, 9.17) is 0 Å². The molecule has 4 heteroatoms. The molecule has 0 rings (SSSR count). The van der Waals surface area contributed by atoms with E-state index in [-0.39, 0.29) is 57.0 Å². The summed E-state index contributed by atoms with van der Waals surface area (Å²) in [6.45, 7) is 3.42. The molecular weight excluding hydrogens is 159 g/mol. The molecule has 0 aliphatic carbocycles. The van der Waals surface area contributed by atoms with Gasteiger partial charge in [0, 0.05) is 5.57 Å². The van der Waals surface area contributed by atoms with Crippen LogP contribution in [0.2, 0.25) is 0 Å². The summed E-state index contributed by atoms with van der Waals surface area (Å²) in [6.07, 6.45) is 0.484. The second-order valence-electron chi connectivity index (χ2n) is 1.52. The molecule has 0 aromatic carbocycles. The van der Waals surface area contributed by atoms with Crippen molar-refractivity contribution in [1.29, 1.82) is 0 Å². The third-order valence-corrected chi connectivity index (χ3v) is 0.774. The monoisotopic (exact) mass is 168 g/mol. The molecule has 0 aromatic heterocycles. The average Bonchev–Trinajstić information content (AvgIpc) is 1.87. The van der Waals surface area contributed by atoms with Gasteiger partial charge >= 0.3 is 57.4 Å². The Morgan fingerprint density at radius 2 is 2.20 bits per heavy atom. The van der Waals surface area contributed by atoms with Crippen LogP contribution in [0.15, 0.2) is 11.8 Å². The number of hydrogen-bond donors (Lipinski definition) is 0. The number of rotatable bonds is 2. The fourth-order valence-corrected chi connectivity index (χ4v) is 0.293.